The number of carbonyl (C=O) groups is 2. The van der Waals surface area contributed by atoms with E-state index < -0.39 is 39.3 Å². The maximum absolute atomic E-state index is 13.5. The van der Waals surface area contributed by atoms with Crippen LogP contribution in [0.25, 0.3) is 5.57 Å². The first-order valence-corrected chi connectivity index (χ1v) is 12.9. The Morgan fingerprint density at radius 3 is 2.57 bits per heavy atom. The Balaban J connectivity index is 1.63. The number of anilines is 1. The van der Waals surface area contributed by atoms with E-state index in [9.17, 15) is 31.2 Å². The van der Waals surface area contributed by atoms with Crippen LogP contribution in [0.4, 0.5) is 18.9 Å². The molecule has 2 amide bonds. The van der Waals surface area contributed by atoms with Gasteiger partial charge in [0, 0.05) is 30.0 Å². The van der Waals surface area contributed by atoms with Crippen molar-refractivity contribution < 1.29 is 31.2 Å². The van der Waals surface area contributed by atoms with Gasteiger partial charge in [-0.1, -0.05) is 6.07 Å². The maximum atomic E-state index is 13.5. The molecule has 0 saturated carbocycles. The van der Waals surface area contributed by atoms with Gasteiger partial charge in [-0.05, 0) is 55.3 Å². The second-order valence-corrected chi connectivity index (χ2v) is 10.5. The number of alkyl halides is 3. The van der Waals surface area contributed by atoms with Crippen LogP contribution in [-0.2, 0) is 32.1 Å². The predicted molar refractivity (Wildman–Crippen MR) is 127 cm³/mol. The number of allylic oxidation sites excluding steroid dienone is 2. The van der Waals surface area contributed by atoms with Gasteiger partial charge in [-0.25, -0.2) is 8.42 Å². The van der Waals surface area contributed by atoms with E-state index in [2.05, 4.69) is 20.5 Å². The Kier molecular flexibility index (Phi) is 6.91. The highest BCUT2D eigenvalue weighted by Gasteiger charge is 2.40. The molecule has 0 saturated heterocycles. The fraction of sp³-hybridized carbons (Fsp3) is 0.250. The number of pyridine rings is 1. The van der Waals surface area contributed by atoms with E-state index in [-0.39, 0.29) is 23.5 Å². The molecule has 1 aromatic carbocycles. The summed E-state index contributed by atoms with van der Waals surface area (Å²) in [4.78, 5) is 31.7. The lowest BCUT2D eigenvalue weighted by molar-refractivity contribution is -0.138. The minimum absolute atomic E-state index is 0.00536. The Labute approximate surface area is 210 Å². The number of halogens is 3. The smallest absolute Gasteiger partial charge is 0.350 e. The second kappa shape index (κ2) is 9.81. The Morgan fingerprint density at radius 1 is 1.22 bits per heavy atom. The van der Waals surface area contributed by atoms with Gasteiger partial charge in [-0.2, -0.15) is 18.3 Å². The van der Waals surface area contributed by atoms with Crippen molar-refractivity contribution >= 4 is 32.9 Å². The summed E-state index contributed by atoms with van der Waals surface area (Å²) in [6.45, 7) is 1.51. The number of sulfone groups is 1. The Bertz CT molecular complexity index is 1470. The summed E-state index contributed by atoms with van der Waals surface area (Å²) in [5.41, 5.74) is 0.853. The van der Waals surface area contributed by atoms with E-state index in [0.29, 0.717) is 22.7 Å². The largest absolute Gasteiger partial charge is 0.416 e. The molecule has 0 fully saturated rings. The molecule has 1 aliphatic rings. The average Bonchev–Trinajstić information content (AvgIpc) is 3.37. The first-order chi connectivity index (χ1) is 17.4. The molecule has 194 valence electrons. The van der Waals surface area contributed by atoms with Crippen LogP contribution in [0, 0.1) is 5.92 Å². The Hall–Kier alpha value is -4.00. The lowest BCUT2D eigenvalue weighted by Crippen LogP contribution is -2.46. The van der Waals surface area contributed by atoms with E-state index in [1.54, 1.807) is 13.0 Å². The van der Waals surface area contributed by atoms with Crippen LogP contribution in [0.1, 0.15) is 30.3 Å². The molecule has 1 atom stereocenters. The topological polar surface area (TPSA) is 125 Å². The number of amides is 2. The predicted octanol–water partition coefficient (Wildman–Crippen LogP) is 3.33. The van der Waals surface area contributed by atoms with Crippen molar-refractivity contribution in [3.63, 3.8) is 0 Å². The minimum atomic E-state index is -4.62. The molecule has 1 aliphatic heterocycles. The highest BCUT2D eigenvalue weighted by Crippen LogP contribution is 2.38. The third kappa shape index (κ3) is 5.56. The molecule has 0 spiro atoms. The fourth-order valence-corrected chi connectivity index (χ4v) is 4.57. The average molecular weight is 534 g/mol. The number of aromatic amines is 1. The first-order valence-electron chi connectivity index (χ1n) is 11.0. The first kappa shape index (κ1) is 26.1. The summed E-state index contributed by atoms with van der Waals surface area (Å²) < 4.78 is 63.3. The fourth-order valence-electron chi connectivity index (χ4n) is 4.01. The van der Waals surface area contributed by atoms with Crippen LogP contribution in [0.15, 0.2) is 65.5 Å². The van der Waals surface area contributed by atoms with E-state index in [1.807, 2.05) is 0 Å². The van der Waals surface area contributed by atoms with Crippen LogP contribution >= 0.6 is 0 Å². The third-order valence-electron chi connectivity index (χ3n) is 5.94. The van der Waals surface area contributed by atoms with Crippen LogP contribution in [0.3, 0.4) is 0 Å². The quantitative estimate of drug-likeness (QED) is 0.469. The van der Waals surface area contributed by atoms with E-state index in [4.69, 9.17) is 0 Å². The third-order valence-corrected chi connectivity index (χ3v) is 7.04. The van der Waals surface area contributed by atoms with Gasteiger partial charge < -0.3 is 5.32 Å². The highest BCUT2D eigenvalue weighted by atomic mass is 32.2. The normalized spacial score (nSPS) is 16.7. The number of aromatic nitrogens is 3. The van der Waals surface area contributed by atoms with Crippen LogP contribution < -0.4 is 10.2 Å². The molecule has 4 rings (SSSR count). The van der Waals surface area contributed by atoms with E-state index >= 15 is 0 Å². The molecule has 13 heteroatoms. The van der Waals surface area contributed by atoms with E-state index in [1.165, 1.54) is 36.7 Å². The van der Waals surface area contributed by atoms with Gasteiger partial charge in [-0.15, -0.1) is 0 Å². The van der Waals surface area contributed by atoms with Gasteiger partial charge >= 0.3 is 6.18 Å². The van der Waals surface area contributed by atoms with Crippen LogP contribution in [-0.4, -0.2) is 41.7 Å². The molecular formula is C24H22F3N5O4S. The van der Waals surface area contributed by atoms with E-state index in [0.717, 1.165) is 23.3 Å². The zero-order valence-corrected chi connectivity index (χ0v) is 20.5. The standard InChI is InChI=1S/C24H22F3N5O4S/c1-14-19(21-8-9-30-31-21)11-20(22(33)29-12-16-6-7-18(13-28-16)37(2,35)36)23(34)32(14)17-5-3-4-15(10-17)24(25,26)27/h3-10,13,20H,11-12H2,1-2H3,(H,29,33)(H,30,31). The number of carbonyl (C=O) groups excluding carboxylic acids is 2. The van der Waals surface area contributed by atoms with Crippen molar-refractivity contribution in [3.8, 4) is 0 Å². The maximum Gasteiger partial charge on any atom is 0.416 e. The molecule has 37 heavy (non-hydrogen) atoms. The van der Waals surface area contributed by atoms with Gasteiger partial charge in [0.2, 0.25) is 11.8 Å². The molecule has 0 radical (unpaired) electrons. The van der Waals surface area contributed by atoms with Gasteiger partial charge in [0.25, 0.3) is 0 Å². The molecule has 3 aromatic rings. The van der Waals surface area contributed by atoms with Gasteiger partial charge in [0.05, 0.1) is 28.4 Å². The minimum Gasteiger partial charge on any atom is -0.350 e. The number of H-pyrrole nitrogens is 1. The number of hydrogen-bond acceptors (Lipinski definition) is 6. The lowest BCUT2D eigenvalue weighted by atomic mass is 9.89. The van der Waals surface area contributed by atoms with Crippen molar-refractivity contribution in [1.29, 1.82) is 0 Å². The number of hydrogen-bond donors (Lipinski definition) is 2. The summed E-state index contributed by atoms with van der Waals surface area (Å²) in [6.07, 6.45) is -0.922. The molecule has 3 heterocycles. The molecule has 2 aromatic heterocycles. The number of nitrogens with zero attached hydrogens (tertiary/aromatic N) is 3. The molecule has 0 bridgehead atoms. The van der Waals surface area contributed by atoms with Gasteiger partial charge in [0.15, 0.2) is 9.84 Å². The summed E-state index contributed by atoms with van der Waals surface area (Å²) in [5, 5.41) is 9.30. The number of rotatable bonds is 6. The lowest BCUT2D eigenvalue weighted by Gasteiger charge is -2.34. The number of nitrogens with one attached hydrogen (secondary N) is 2. The van der Waals surface area contributed by atoms with Crippen LogP contribution in [0.2, 0.25) is 0 Å². The van der Waals surface area contributed by atoms with Crippen molar-refractivity contribution in [2.75, 3.05) is 11.2 Å². The summed E-state index contributed by atoms with van der Waals surface area (Å²) >= 11 is 0. The van der Waals surface area contributed by atoms with Crippen LogP contribution in [0.5, 0.6) is 0 Å². The van der Waals surface area contributed by atoms with Gasteiger partial charge in [0.1, 0.15) is 5.92 Å². The molecule has 2 N–H and O–H groups in total. The SMILES string of the molecule is CC1=C(c2ccn[nH]2)CC(C(=O)NCc2ccc(S(C)(=O)=O)cn2)C(=O)N1c1cccc(C(F)(F)F)c1. The van der Waals surface area contributed by atoms with Crippen molar-refractivity contribution in [2.45, 2.75) is 31.0 Å². The molecular weight excluding hydrogens is 511 g/mol. The summed E-state index contributed by atoms with van der Waals surface area (Å²) in [5.74, 6) is -2.58. The van der Waals surface area contributed by atoms with Crippen molar-refractivity contribution in [1.82, 2.24) is 20.5 Å². The Morgan fingerprint density at radius 2 is 1.97 bits per heavy atom. The zero-order chi connectivity index (χ0) is 27.0. The van der Waals surface area contributed by atoms with Crippen molar-refractivity contribution in [3.05, 3.63) is 77.5 Å². The second-order valence-electron chi connectivity index (χ2n) is 8.49. The zero-order valence-electron chi connectivity index (χ0n) is 19.7. The highest BCUT2D eigenvalue weighted by molar-refractivity contribution is 7.90. The number of benzene rings is 1. The monoisotopic (exact) mass is 533 g/mol. The summed E-state index contributed by atoms with van der Waals surface area (Å²) in [7, 11) is -3.44. The summed E-state index contributed by atoms with van der Waals surface area (Å²) in [6, 6.07) is 8.76. The van der Waals surface area contributed by atoms with Crippen molar-refractivity contribution in [2.24, 2.45) is 5.92 Å². The van der Waals surface area contributed by atoms with Gasteiger partial charge in [-0.3, -0.25) is 24.6 Å². The molecule has 1 unspecified atom stereocenters. The molecule has 0 aliphatic carbocycles. The molecule has 9 nitrogen and oxygen atoms in total.